The number of nitrogens with one attached hydrogen (secondary N) is 1. The van der Waals surface area contributed by atoms with Gasteiger partial charge in [-0.3, -0.25) is 0 Å². The average Bonchev–Trinajstić information content (AvgIpc) is 3.36. The minimum absolute atomic E-state index is 0.479. The van der Waals surface area contributed by atoms with Crippen molar-refractivity contribution < 1.29 is 0 Å². The van der Waals surface area contributed by atoms with E-state index in [4.69, 9.17) is 5.73 Å². The van der Waals surface area contributed by atoms with Gasteiger partial charge in [-0.15, -0.1) is 0 Å². The van der Waals surface area contributed by atoms with Gasteiger partial charge in [-0.1, -0.05) is 110 Å². The van der Waals surface area contributed by atoms with Crippen molar-refractivity contribution in [1.29, 1.82) is 0 Å². The van der Waals surface area contributed by atoms with E-state index in [1.54, 1.807) is 6.08 Å². The first-order valence-corrected chi connectivity index (χ1v) is 14.1. The molecule has 1 aliphatic carbocycles. The smallest absolute Gasteiger partial charge is 0.0619 e. The molecule has 7 rings (SSSR count). The molecule has 2 aliphatic rings. The lowest BCUT2D eigenvalue weighted by atomic mass is 9.84. The van der Waals surface area contributed by atoms with Crippen LogP contribution in [0.3, 0.4) is 0 Å². The van der Waals surface area contributed by atoms with Gasteiger partial charge in [0, 0.05) is 34.5 Å². The molecule has 0 fully saturated rings. The van der Waals surface area contributed by atoms with E-state index in [9.17, 15) is 0 Å². The molecule has 4 aromatic carbocycles. The lowest BCUT2D eigenvalue weighted by molar-refractivity contribution is 0.761. The zero-order chi connectivity index (χ0) is 28.3. The Morgan fingerprint density at radius 3 is 2.49 bits per heavy atom. The fourth-order valence-corrected chi connectivity index (χ4v) is 5.97. The van der Waals surface area contributed by atoms with Gasteiger partial charge < -0.3 is 15.6 Å². The first-order valence-electron chi connectivity index (χ1n) is 14.1. The van der Waals surface area contributed by atoms with Crippen LogP contribution in [0.15, 0.2) is 135 Å². The van der Waals surface area contributed by atoms with Crippen molar-refractivity contribution in [3.05, 3.63) is 151 Å². The van der Waals surface area contributed by atoms with E-state index in [0.717, 1.165) is 23.1 Å². The van der Waals surface area contributed by atoms with E-state index in [2.05, 4.69) is 121 Å². The van der Waals surface area contributed by atoms with Crippen LogP contribution in [-0.4, -0.2) is 17.2 Å². The number of hydrogen-bond donors (Lipinski definition) is 2. The van der Waals surface area contributed by atoms with Crippen molar-refractivity contribution in [1.82, 2.24) is 9.88 Å². The van der Waals surface area contributed by atoms with Crippen LogP contribution in [0.2, 0.25) is 0 Å². The summed E-state index contributed by atoms with van der Waals surface area (Å²) in [5.41, 5.74) is 16.8. The van der Waals surface area contributed by atoms with Crippen LogP contribution in [0.4, 0.5) is 0 Å². The second-order valence-electron chi connectivity index (χ2n) is 10.6. The molecule has 0 saturated carbocycles. The van der Waals surface area contributed by atoms with Gasteiger partial charge in [0.05, 0.1) is 16.9 Å². The van der Waals surface area contributed by atoms with Gasteiger partial charge in [-0.05, 0) is 65.4 Å². The number of rotatable bonds is 4. The summed E-state index contributed by atoms with van der Waals surface area (Å²) in [5.74, 6) is 0. The quantitative estimate of drug-likeness (QED) is 0.227. The fourth-order valence-electron chi connectivity index (χ4n) is 5.97. The number of nitrogens with zero attached hydrogens (tertiary/aromatic N) is 1. The molecule has 2 heterocycles. The molecule has 3 heteroatoms. The molecule has 1 atom stereocenters. The van der Waals surface area contributed by atoms with Crippen molar-refractivity contribution in [3.8, 4) is 16.9 Å². The molecule has 41 heavy (non-hydrogen) atoms. The van der Waals surface area contributed by atoms with Crippen molar-refractivity contribution in [3.63, 3.8) is 0 Å². The van der Waals surface area contributed by atoms with Gasteiger partial charge in [0.15, 0.2) is 0 Å². The lowest BCUT2D eigenvalue weighted by Crippen LogP contribution is -2.18. The van der Waals surface area contributed by atoms with Gasteiger partial charge in [-0.25, -0.2) is 0 Å². The maximum atomic E-state index is 6.04. The Labute approximate surface area is 242 Å². The number of para-hydroxylation sites is 1. The summed E-state index contributed by atoms with van der Waals surface area (Å²) in [6.45, 7) is 11.0. The zero-order valence-electron chi connectivity index (χ0n) is 23.5. The predicted molar refractivity (Wildman–Crippen MR) is 177 cm³/mol. The standard InChI is InChI=1S/C32H26N2.C6H9N/c1-3-9-24(20-33)23-16-17-27-25(19-23)18-21(2)31-28-13-6-7-14-30(28)34(32(27)31)29-15-8-11-22-10-4-5-12-26(22)29;1-6-4-2-3-5-7-6/h3-17,19H,1-2,18,20,33H2;2-7H,1H3/b24-9+;. The minimum atomic E-state index is 0.479. The molecule has 0 radical (unpaired) electrons. The highest BCUT2D eigenvalue weighted by Gasteiger charge is 2.28. The maximum Gasteiger partial charge on any atom is 0.0619 e. The Morgan fingerprint density at radius 2 is 1.76 bits per heavy atom. The summed E-state index contributed by atoms with van der Waals surface area (Å²) >= 11 is 0. The Hall–Kier alpha value is -4.86. The van der Waals surface area contributed by atoms with E-state index in [-0.39, 0.29) is 0 Å². The molecule has 0 saturated heterocycles. The van der Waals surface area contributed by atoms with Crippen LogP contribution in [0.5, 0.6) is 0 Å². The van der Waals surface area contributed by atoms with Crippen LogP contribution in [0, 0.1) is 0 Å². The molecule has 0 amide bonds. The summed E-state index contributed by atoms with van der Waals surface area (Å²) in [7, 11) is 0. The Bertz CT molecular complexity index is 1870. The van der Waals surface area contributed by atoms with E-state index in [1.807, 2.05) is 24.4 Å². The van der Waals surface area contributed by atoms with Crippen LogP contribution in [0.1, 0.15) is 23.6 Å². The third-order valence-corrected chi connectivity index (χ3v) is 7.88. The topological polar surface area (TPSA) is 43.0 Å². The summed E-state index contributed by atoms with van der Waals surface area (Å²) in [5, 5.41) is 6.84. The largest absolute Gasteiger partial charge is 0.385 e. The molecule has 202 valence electrons. The molecule has 3 N–H and O–H groups in total. The maximum absolute atomic E-state index is 6.04. The predicted octanol–water partition coefficient (Wildman–Crippen LogP) is 8.60. The molecule has 0 spiro atoms. The lowest BCUT2D eigenvalue weighted by Gasteiger charge is -2.23. The number of allylic oxidation sites excluding steroid dienone is 5. The van der Waals surface area contributed by atoms with Crippen LogP contribution < -0.4 is 11.1 Å². The fraction of sp³-hybridized carbons (Fsp3) is 0.105. The minimum Gasteiger partial charge on any atom is -0.385 e. The first-order chi connectivity index (χ1) is 20.1. The summed E-state index contributed by atoms with van der Waals surface area (Å²) in [6.07, 6.45) is 12.7. The monoisotopic (exact) mass is 533 g/mol. The Balaban J connectivity index is 0.000000380. The van der Waals surface area contributed by atoms with Crippen LogP contribution >= 0.6 is 0 Å². The summed E-state index contributed by atoms with van der Waals surface area (Å²) in [4.78, 5) is 0. The van der Waals surface area contributed by atoms with E-state index >= 15 is 0 Å². The molecule has 0 bridgehead atoms. The highest BCUT2D eigenvalue weighted by Crippen LogP contribution is 2.46. The van der Waals surface area contributed by atoms with Gasteiger partial charge >= 0.3 is 0 Å². The Kier molecular flexibility index (Phi) is 7.28. The molecular formula is C38H35N3. The SMILES string of the molecule is C=C/C=C(\CN)c1ccc2c(c1)CC(=C)c1c-2n(-c2cccc3ccccc23)c2ccccc12.CC1C=CC=CN1. The third-order valence-electron chi connectivity index (χ3n) is 7.88. The number of nitrogens with two attached hydrogens (primary N) is 1. The summed E-state index contributed by atoms with van der Waals surface area (Å²) in [6, 6.07) is 31.1. The number of aromatic nitrogens is 1. The van der Waals surface area contributed by atoms with Crippen molar-refractivity contribution in [2.75, 3.05) is 6.54 Å². The molecule has 3 nitrogen and oxygen atoms in total. The van der Waals surface area contributed by atoms with Gasteiger partial charge in [0.2, 0.25) is 0 Å². The highest BCUT2D eigenvalue weighted by atomic mass is 15.0. The molecule has 1 aliphatic heterocycles. The third kappa shape index (κ3) is 4.86. The number of fused-ring (bicyclic) bond motifs is 6. The average molecular weight is 534 g/mol. The number of hydrogen-bond acceptors (Lipinski definition) is 2. The second kappa shape index (κ2) is 11.3. The van der Waals surface area contributed by atoms with Crippen molar-refractivity contribution in [2.45, 2.75) is 19.4 Å². The second-order valence-corrected chi connectivity index (χ2v) is 10.6. The summed E-state index contributed by atoms with van der Waals surface area (Å²) < 4.78 is 2.43. The van der Waals surface area contributed by atoms with Crippen LogP contribution in [-0.2, 0) is 6.42 Å². The van der Waals surface area contributed by atoms with E-state index in [1.165, 1.54) is 49.7 Å². The van der Waals surface area contributed by atoms with Gasteiger partial charge in [0.1, 0.15) is 0 Å². The zero-order valence-corrected chi connectivity index (χ0v) is 23.5. The van der Waals surface area contributed by atoms with Crippen molar-refractivity contribution in [2.24, 2.45) is 5.73 Å². The number of benzene rings is 4. The normalized spacial score (nSPS) is 15.6. The first kappa shape index (κ1) is 26.4. The molecule has 1 aromatic heterocycles. The number of dihydropyridines is 1. The molecule has 5 aromatic rings. The van der Waals surface area contributed by atoms with Crippen LogP contribution in [0.25, 0.3) is 49.8 Å². The molecule has 1 unspecified atom stereocenters. The van der Waals surface area contributed by atoms with Gasteiger partial charge in [0.25, 0.3) is 0 Å². The van der Waals surface area contributed by atoms with E-state index < -0.39 is 0 Å². The highest BCUT2D eigenvalue weighted by molar-refractivity contribution is 6.06. The van der Waals surface area contributed by atoms with E-state index in [0.29, 0.717) is 12.6 Å². The Morgan fingerprint density at radius 1 is 0.976 bits per heavy atom. The van der Waals surface area contributed by atoms with Crippen molar-refractivity contribution >= 4 is 32.8 Å². The molecular weight excluding hydrogens is 498 g/mol. The van der Waals surface area contributed by atoms with Gasteiger partial charge in [-0.2, -0.15) is 0 Å².